The van der Waals surface area contributed by atoms with Gasteiger partial charge in [-0.2, -0.15) is 0 Å². The minimum Gasteiger partial charge on any atom is -0.385 e. The molecule has 4 heteroatoms. The number of rotatable bonds is 8. The van der Waals surface area contributed by atoms with Crippen LogP contribution in [0.2, 0.25) is 0 Å². The summed E-state index contributed by atoms with van der Waals surface area (Å²) in [6, 6.07) is 6.86. The second-order valence-corrected chi connectivity index (χ2v) is 7.89. The number of hydrogen-bond acceptors (Lipinski definition) is 4. The van der Waals surface area contributed by atoms with E-state index in [4.69, 9.17) is 0 Å². The molecule has 28 heavy (non-hydrogen) atoms. The third-order valence-corrected chi connectivity index (χ3v) is 5.72. The van der Waals surface area contributed by atoms with Crippen LogP contribution in [0, 0.1) is 0 Å². The first-order valence-corrected chi connectivity index (χ1v) is 10.3. The van der Waals surface area contributed by atoms with E-state index in [1.807, 2.05) is 0 Å². The highest BCUT2D eigenvalue weighted by atomic mass is 15.4. The van der Waals surface area contributed by atoms with Crippen LogP contribution in [0.5, 0.6) is 0 Å². The molecule has 1 aromatic rings. The van der Waals surface area contributed by atoms with Crippen molar-refractivity contribution in [3.8, 4) is 0 Å². The van der Waals surface area contributed by atoms with Gasteiger partial charge in [-0.3, -0.25) is 0 Å². The van der Waals surface area contributed by atoms with Crippen molar-refractivity contribution in [3.05, 3.63) is 73.0 Å². The van der Waals surface area contributed by atoms with E-state index < -0.39 is 0 Å². The van der Waals surface area contributed by atoms with Gasteiger partial charge < -0.3 is 20.4 Å². The van der Waals surface area contributed by atoms with Crippen LogP contribution in [0.4, 0.5) is 11.4 Å². The summed E-state index contributed by atoms with van der Waals surface area (Å²) >= 11 is 0. The van der Waals surface area contributed by atoms with Gasteiger partial charge in [-0.25, -0.2) is 0 Å². The van der Waals surface area contributed by atoms with Gasteiger partial charge in [-0.05, 0) is 43.4 Å². The van der Waals surface area contributed by atoms with Gasteiger partial charge in [0.05, 0.1) is 17.4 Å². The van der Waals surface area contributed by atoms with Crippen LogP contribution >= 0.6 is 0 Å². The summed E-state index contributed by atoms with van der Waals surface area (Å²) in [6.07, 6.45) is 6.70. The average molecular weight is 379 g/mol. The van der Waals surface area contributed by atoms with Crippen molar-refractivity contribution >= 4 is 11.4 Å². The lowest BCUT2D eigenvalue weighted by Crippen LogP contribution is -2.42. The lowest BCUT2D eigenvalue weighted by Gasteiger charge is -2.36. The molecule has 0 aliphatic carbocycles. The smallest absolute Gasteiger partial charge is 0.106 e. The Bertz CT molecular complexity index is 792. The Labute approximate surface area is 170 Å². The highest BCUT2D eigenvalue weighted by molar-refractivity contribution is 5.83. The number of allylic oxidation sites excluding steroid dienone is 2. The van der Waals surface area contributed by atoms with Crippen molar-refractivity contribution in [2.24, 2.45) is 0 Å². The Kier molecular flexibility index (Phi) is 6.18. The molecule has 1 saturated heterocycles. The Morgan fingerprint density at radius 3 is 2.71 bits per heavy atom. The first-order chi connectivity index (χ1) is 13.4. The minimum absolute atomic E-state index is 0.198. The summed E-state index contributed by atoms with van der Waals surface area (Å²) in [5.41, 5.74) is 6.80. The van der Waals surface area contributed by atoms with Crippen molar-refractivity contribution in [1.29, 1.82) is 0 Å². The predicted molar refractivity (Wildman–Crippen MR) is 121 cm³/mol. The summed E-state index contributed by atoms with van der Waals surface area (Å²) in [7, 11) is 2.08. The van der Waals surface area contributed by atoms with Gasteiger partial charge in [0.2, 0.25) is 0 Å². The van der Waals surface area contributed by atoms with Crippen LogP contribution in [0.3, 0.4) is 0 Å². The zero-order valence-corrected chi connectivity index (χ0v) is 17.5. The van der Waals surface area contributed by atoms with Crippen molar-refractivity contribution in [1.82, 2.24) is 10.6 Å². The second-order valence-electron chi connectivity index (χ2n) is 7.89. The van der Waals surface area contributed by atoms with Gasteiger partial charge in [0.15, 0.2) is 0 Å². The normalized spacial score (nSPS) is 18.9. The Hall–Kier alpha value is -2.62. The van der Waals surface area contributed by atoms with Crippen LogP contribution in [-0.4, -0.2) is 13.1 Å². The molecule has 0 saturated carbocycles. The number of nitrogens with one attached hydrogen (secondary N) is 2. The molecular weight excluding hydrogens is 344 g/mol. The molecule has 0 bridgehead atoms. The maximum Gasteiger partial charge on any atom is 0.106 e. The molecule has 2 aliphatic rings. The van der Waals surface area contributed by atoms with Gasteiger partial charge in [-0.15, -0.1) is 0 Å². The summed E-state index contributed by atoms with van der Waals surface area (Å²) in [5.74, 6) is 0.990. The monoisotopic (exact) mass is 378 g/mol. The standard InChI is InChI=1S/C24H34N4/c1-7-8-9-10-17(2)25-16-21-12-14-23-24(15-21)27(6)20(5)28(23)22-13-11-18(3)26-19(22)4/h12,14-15,22,25-26H,2-5,7-11,13,16H2,1,6H3. The number of fused-ring (bicyclic) bond motifs is 1. The molecule has 1 unspecified atom stereocenters. The van der Waals surface area contributed by atoms with E-state index in [2.05, 4.69) is 78.9 Å². The van der Waals surface area contributed by atoms with Gasteiger partial charge in [0, 0.05) is 30.7 Å². The Morgan fingerprint density at radius 1 is 1.21 bits per heavy atom. The van der Waals surface area contributed by atoms with Crippen LogP contribution in [0.25, 0.3) is 0 Å². The molecule has 0 aromatic heterocycles. The summed E-state index contributed by atoms with van der Waals surface area (Å²) in [4.78, 5) is 4.48. The molecule has 0 spiro atoms. The van der Waals surface area contributed by atoms with Gasteiger partial charge in [0.25, 0.3) is 0 Å². The molecule has 1 atom stereocenters. The molecule has 2 aliphatic heterocycles. The fraction of sp³-hybridized carbons (Fsp3) is 0.417. The zero-order chi connectivity index (χ0) is 20.3. The maximum absolute atomic E-state index is 4.34. The first-order valence-electron chi connectivity index (χ1n) is 10.3. The number of hydrogen-bond donors (Lipinski definition) is 2. The van der Waals surface area contributed by atoms with E-state index in [0.717, 1.165) is 48.7 Å². The van der Waals surface area contributed by atoms with E-state index in [1.54, 1.807) is 0 Å². The SMILES string of the molecule is C=C(CCCCC)NCc1ccc2c(c1)N(C)C(=C)N2C1CCC(=C)NC1=C. The number of anilines is 2. The molecule has 2 N–H and O–H groups in total. The number of nitrogens with zero attached hydrogens (tertiary/aromatic N) is 2. The van der Waals surface area contributed by atoms with Crippen LogP contribution in [0.1, 0.15) is 51.0 Å². The van der Waals surface area contributed by atoms with Gasteiger partial charge >= 0.3 is 0 Å². The highest BCUT2D eigenvalue weighted by Crippen LogP contribution is 2.44. The molecule has 2 heterocycles. The molecule has 0 amide bonds. The number of unbranched alkanes of at least 4 members (excludes halogenated alkanes) is 2. The van der Waals surface area contributed by atoms with E-state index in [1.165, 1.54) is 36.2 Å². The van der Waals surface area contributed by atoms with Crippen LogP contribution in [-0.2, 0) is 6.54 Å². The van der Waals surface area contributed by atoms with Crippen LogP contribution < -0.4 is 20.4 Å². The molecular formula is C24H34N4. The predicted octanol–water partition coefficient (Wildman–Crippen LogP) is 5.38. The molecule has 3 rings (SSSR count). The van der Waals surface area contributed by atoms with Crippen molar-refractivity contribution < 1.29 is 0 Å². The molecule has 150 valence electrons. The summed E-state index contributed by atoms with van der Waals surface area (Å²) < 4.78 is 0. The zero-order valence-electron chi connectivity index (χ0n) is 17.5. The fourth-order valence-corrected chi connectivity index (χ4v) is 3.99. The quantitative estimate of drug-likeness (QED) is 0.595. The van der Waals surface area contributed by atoms with Crippen molar-refractivity contribution in [2.75, 3.05) is 16.8 Å². The Balaban J connectivity index is 1.71. The van der Waals surface area contributed by atoms with E-state index >= 15 is 0 Å². The minimum atomic E-state index is 0.198. The summed E-state index contributed by atoms with van der Waals surface area (Å²) in [6.45, 7) is 19.8. The third-order valence-electron chi connectivity index (χ3n) is 5.72. The number of piperidine rings is 1. The highest BCUT2D eigenvalue weighted by Gasteiger charge is 2.35. The van der Waals surface area contributed by atoms with Crippen molar-refractivity contribution in [2.45, 2.75) is 58.0 Å². The molecule has 0 radical (unpaired) electrons. The molecule has 1 fully saturated rings. The van der Waals surface area contributed by atoms with Crippen molar-refractivity contribution in [3.63, 3.8) is 0 Å². The largest absolute Gasteiger partial charge is 0.385 e. The van der Waals surface area contributed by atoms with E-state index in [9.17, 15) is 0 Å². The topological polar surface area (TPSA) is 30.5 Å². The van der Waals surface area contributed by atoms with E-state index in [-0.39, 0.29) is 6.04 Å². The Morgan fingerprint density at radius 2 is 2.00 bits per heavy atom. The summed E-state index contributed by atoms with van der Waals surface area (Å²) in [5, 5.41) is 6.81. The molecule has 4 nitrogen and oxygen atoms in total. The fourth-order valence-electron chi connectivity index (χ4n) is 3.99. The van der Waals surface area contributed by atoms with E-state index in [0.29, 0.717) is 0 Å². The van der Waals surface area contributed by atoms with Gasteiger partial charge in [0.1, 0.15) is 5.82 Å². The first kappa shape index (κ1) is 20.1. The maximum atomic E-state index is 4.34. The molecule has 1 aromatic carbocycles. The lowest BCUT2D eigenvalue weighted by atomic mass is 10.00. The average Bonchev–Trinajstić information content (AvgIpc) is 2.91. The third kappa shape index (κ3) is 4.11. The number of benzene rings is 1. The lowest BCUT2D eigenvalue weighted by molar-refractivity contribution is 0.566. The second kappa shape index (κ2) is 8.59. The van der Waals surface area contributed by atoms with Gasteiger partial charge in [-0.1, -0.05) is 52.1 Å². The van der Waals surface area contributed by atoms with Crippen LogP contribution in [0.15, 0.2) is 67.4 Å².